The Labute approximate surface area is 108 Å². The van der Waals surface area contributed by atoms with Crippen LogP contribution in [0, 0.1) is 20.8 Å². The average Bonchev–Trinajstić information content (AvgIpc) is 2.58. The zero-order valence-corrected chi connectivity index (χ0v) is 11.7. The molecule has 2 aromatic rings. The molecule has 0 aliphatic rings. The minimum Gasteiger partial charge on any atom is -0.367 e. The highest BCUT2D eigenvalue weighted by Gasteiger charge is 2.21. The van der Waals surface area contributed by atoms with Crippen molar-refractivity contribution >= 4 is 5.88 Å². The highest BCUT2D eigenvalue weighted by atomic mass is 16.5. The lowest BCUT2D eigenvalue weighted by Gasteiger charge is -2.12. The van der Waals surface area contributed by atoms with E-state index in [1.807, 2.05) is 0 Å². The number of aryl methyl sites for hydroxylation is 3. The third kappa shape index (κ3) is 2.01. The van der Waals surface area contributed by atoms with Crippen molar-refractivity contribution in [1.29, 1.82) is 0 Å². The molecule has 3 nitrogen and oxygen atoms in total. The number of anilines is 1. The Kier molecular flexibility index (Phi) is 3.16. The van der Waals surface area contributed by atoms with Gasteiger partial charge in [-0.1, -0.05) is 36.7 Å². The molecule has 1 aromatic heterocycles. The van der Waals surface area contributed by atoms with E-state index >= 15 is 0 Å². The Morgan fingerprint density at radius 3 is 2.17 bits per heavy atom. The first-order valence-corrected chi connectivity index (χ1v) is 6.25. The largest absolute Gasteiger partial charge is 0.367 e. The molecule has 0 atom stereocenters. The smallest absolute Gasteiger partial charge is 0.226 e. The molecule has 0 saturated carbocycles. The molecule has 0 radical (unpaired) electrons. The van der Waals surface area contributed by atoms with Gasteiger partial charge in [-0.05, 0) is 37.8 Å². The molecule has 0 fully saturated rings. The lowest BCUT2D eigenvalue weighted by molar-refractivity contribution is 0.438. The Morgan fingerprint density at radius 2 is 1.67 bits per heavy atom. The summed E-state index contributed by atoms with van der Waals surface area (Å²) < 4.78 is 5.18. The van der Waals surface area contributed by atoms with Gasteiger partial charge in [-0.2, -0.15) is 0 Å². The quantitative estimate of drug-likeness (QED) is 0.869. The standard InChI is InChI=1S/C15H20N2O/c1-8(2)12-14(17-18-15(12)16)13-10(4)6-9(3)7-11(13)5/h6-8H,16H2,1-5H3. The van der Waals surface area contributed by atoms with Crippen LogP contribution < -0.4 is 5.73 Å². The number of hydrogen-bond acceptors (Lipinski definition) is 3. The third-order valence-corrected chi connectivity index (χ3v) is 3.25. The molecule has 3 heteroatoms. The molecule has 0 aliphatic heterocycles. The van der Waals surface area contributed by atoms with E-state index in [1.54, 1.807) is 0 Å². The van der Waals surface area contributed by atoms with Crippen molar-refractivity contribution in [1.82, 2.24) is 5.16 Å². The van der Waals surface area contributed by atoms with Crippen molar-refractivity contribution in [2.24, 2.45) is 0 Å². The van der Waals surface area contributed by atoms with Gasteiger partial charge in [-0.3, -0.25) is 0 Å². The maximum atomic E-state index is 5.88. The molecule has 18 heavy (non-hydrogen) atoms. The lowest BCUT2D eigenvalue weighted by Crippen LogP contribution is -1.97. The molecule has 2 N–H and O–H groups in total. The van der Waals surface area contributed by atoms with Crippen molar-refractivity contribution in [3.63, 3.8) is 0 Å². The van der Waals surface area contributed by atoms with Crippen molar-refractivity contribution in [2.45, 2.75) is 40.5 Å². The Morgan fingerprint density at radius 1 is 1.11 bits per heavy atom. The lowest BCUT2D eigenvalue weighted by atomic mass is 9.92. The Hall–Kier alpha value is -1.77. The molecule has 0 saturated heterocycles. The maximum Gasteiger partial charge on any atom is 0.226 e. The second kappa shape index (κ2) is 4.48. The van der Waals surface area contributed by atoms with Gasteiger partial charge in [-0.25, -0.2) is 0 Å². The van der Waals surface area contributed by atoms with Gasteiger partial charge in [0.2, 0.25) is 5.88 Å². The van der Waals surface area contributed by atoms with Crippen LogP contribution >= 0.6 is 0 Å². The molecule has 96 valence electrons. The Balaban J connectivity index is 2.70. The monoisotopic (exact) mass is 244 g/mol. The van der Waals surface area contributed by atoms with Crippen LogP contribution in [0.1, 0.15) is 42.0 Å². The van der Waals surface area contributed by atoms with E-state index in [9.17, 15) is 0 Å². The predicted octanol–water partition coefficient (Wildman–Crippen LogP) is 3.97. The minimum absolute atomic E-state index is 0.298. The molecule has 1 aromatic carbocycles. The van der Waals surface area contributed by atoms with Crippen LogP contribution in [0.3, 0.4) is 0 Å². The van der Waals surface area contributed by atoms with E-state index in [0.717, 1.165) is 16.8 Å². The second-order valence-electron chi connectivity index (χ2n) is 5.24. The first-order valence-electron chi connectivity index (χ1n) is 6.25. The van der Waals surface area contributed by atoms with E-state index in [1.165, 1.54) is 16.7 Å². The van der Waals surface area contributed by atoms with Crippen LogP contribution in [0.25, 0.3) is 11.3 Å². The van der Waals surface area contributed by atoms with Crippen LogP contribution in [-0.2, 0) is 0 Å². The summed E-state index contributed by atoms with van der Waals surface area (Å²) in [7, 11) is 0. The van der Waals surface area contributed by atoms with Crippen LogP contribution in [0.15, 0.2) is 16.7 Å². The fourth-order valence-electron chi connectivity index (χ4n) is 2.60. The minimum atomic E-state index is 0.298. The van der Waals surface area contributed by atoms with Crippen LogP contribution in [-0.4, -0.2) is 5.16 Å². The van der Waals surface area contributed by atoms with E-state index in [4.69, 9.17) is 10.3 Å². The number of rotatable bonds is 2. The van der Waals surface area contributed by atoms with E-state index in [0.29, 0.717) is 11.8 Å². The molecule has 2 rings (SSSR count). The summed E-state index contributed by atoms with van der Waals surface area (Å²) in [5, 5.41) is 4.16. The summed E-state index contributed by atoms with van der Waals surface area (Å²) in [6, 6.07) is 4.33. The molecule has 0 spiro atoms. The summed E-state index contributed by atoms with van der Waals surface area (Å²) in [5.74, 6) is 0.728. The van der Waals surface area contributed by atoms with Crippen LogP contribution in [0.4, 0.5) is 5.88 Å². The van der Waals surface area contributed by atoms with Gasteiger partial charge in [0, 0.05) is 11.1 Å². The molecular weight excluding hydrogens is 224 g/mol. The molecular formula is C15H20N2O. The normalized spacial score (nSPS) is 11.2. The molecule has 0 aliphatic carbocycles. The third-order valence-electron chi connectivity index (χ3n) is 3.25. The molecule has 1 heterocycles. The molecule has 0 unspecified atom stereocenters. The number of nitrogen functional groups attached to an aromatic ring is 1. The fraction of sp³-hybridized carbons (Fsp3) is 0.400. The summed E-state index contributed by atoms with van der Waals surface area (Å²) in [6.45, 7) is 10.5. The van der Waals surface area contributed by atoms with Gasteiger partial charge in [0.15, 0.2) is 0 Å². The van der Waals surface area contributed by atoms with Crippen LogP contribution in [0.5, 0.6) is 0 Å². The van der Waals surface area contributed by atoms with Crippen LogP contribution in [0.2, 0.25) is 0 Å². The topological polar surface area (TPSA) is 52.0 Å². The number of aromatic nitrogens is 1. The number of benzene rings is 1. The Bertz CT molecular complexity index is 559. The fourth-order valence-corrected chi connectivity index (χ4v) is 2.60. The maximum absolute atomic E-state index is 5.88. The summed E-state index contributed by atoms with van der Waals surface area (Å²) in [5.41, 5.74) is 12.6. The summed E-state index contributed by atoms with van der Waals surface area (Å²) in [4.78, 5) is 0. The van der Waals surface area contributed by atoms with Crippen molar-refractivity contribution in [3.8, 4) is 11.3 Å². The summed E-state index contributed by atoms with van der Waals surface area (Å²) in [6.07, 6.45) is 0. The van der Waals surface area contributed by atoms with Gasteiger partial charge in [0.05, 0.1) is 0 Å². The van der Waals surface area contributed by atoms with Gasteiger partial charge >= 0.3 is 0 Å². The van der Waals surface area contributed by atoms with E-state index in [2.05, 4.69) is 51.9 Å². The zero-order valence-electron chi connectivity index (χ0n) is 11.7. The van der Waals surface area contributed by atoms with Gasteiger partial charge in [-0.15, -0.1) is 0 Å². The van der Waals surface area contributed by atoms with E-state index < -0.39 is 0 Å². The van der Waals surface area contributed by atoms with Gasteiger partial charge in [0.25, 0.3) is 0 Å². The van der Waals surface area contributed by atoms with Gasteiger partial charge < -0.3 is 10.3 Å². The SMILES string of the molecule is Cc1cc(C)c(-c2noc(N)c2C(C)C)c(C)c1. The first kappa shape index (κ1) is 12.7. The second-order valence-corrected chi connectivity index (χ2v) is 5.24. The predicted molar refractivity (Wildman–Crippen MR) is 74.7 cm³/mol. The first-order chi connectivity index (χ1) is 8.41. The molecule has 0 bridgehead atoms. The van der Waals surface area contributed by atoms with E-state index in [-0.39, 0.29) is 0 Å². The average molecular weight is 244 g/mol. The summed E-state index contributed by atoms with van der Waals surface area (Å²) >= 11 is 0. The van der Waals surface area contributed by atoms with Gasteiger partial charge in [0.1, 0.15) is 5.69 Å². The van der Waals surface area contributed by atoms with Crippen molar-refractivity contribution in [3.05, 3.63) is 34.4 Å². The molecule has 0 amide bonds. The number of nitrogens with zero attached hydrogens (tertiary/aromatic N) is 1. The number of hydrogen-bond donors (Lipinski definition) is 1. The number of nitrogens with two attached hydrogens (primary N) is 1. The van der Waals surface area contributed by atoms with Crippen molar-refractivity contribution in [2.75, 3.05) is 5.73 Å². The van der Waals surface area contributed by atoms with Crippen molar-refractivity contribution < 1.29 is 4.52 Å². The zero-order chi connectivity index (χ0) is 13.4. The highest BCUT2D eigenvalue weighted by Crippen LogP contribution is 2.36. The highest BCUT2D eigenvalue weighted by molar-refractivity contribution is 5.74.